The van der Waals surface area contributed by atoms with Gasteiger partial charge in [-0.25, -0.2) is 0 Å². The van der Waals surface area contributed by atoms with Crippen molar-refractivity contribution in [1.82, 2.24) is 19.9 Å². The summed E-state index contributed by atoms with van der Waals surface area (Å²) in [6, 6.07) is 13.6. The lowest BCUT2D eigenvalue weighted by Crippen LogP contribution is -2.33. The van der Waals surface area contributed by atoms with Crippen LogP contribution in [-0.2, 0) is 0 Å². The molecule has 0 saturated heterocycles. The van der Waals surface area contributed by atoms with Crippen LogP contribution in [-0.4, -0.2) is 93.2 Å². The van der Waals surface area contributed by atoms with Crippen molar-refractivity contribution in [2.24, 2.45) is 0 Å². The summed E-state index contributed by atoms with van der Waals surface area (Å²) in [6.07, 6.45) is 0.672. The summed E-state index contributed by atoms with van der Waals surface area (Å²) in [5, 5.41) is 36.7. The van der Waals surface area contributed by atoms with Gasteiger partial charge in [-0.15, -0.1) is 0 Å². The Labute approximate surface area is 219 Å². The minimum absolute atomic E-state index is 0.0335. The minimum atomic E-state index is -0.187. The molecule has 4 rings (SSSR count). The fourth-order valence-electron chi connectivity index (χ4n) is 4.47. The molecule has 4 N–H and O–H groups in total. The quantitative estimate of drug-likeness (QED) is 0.219. The van der Waals surface area contributed by atoms with Gasteiger partial charge < -0.3 is 39.4 Å². The van der Waals surface area contributed by atoms with E-state index in [4.69, 9.17) is 18.9 Å². The highest BCUT2D eigenvalue weighted by atomic mass is 16.5. The summed E-state index contributed by atoms with van der Waals surface area (Å²) in [4.78, 5) is 17.7. The number of rotatable bonds is 15. The van der Waals surface area contributed by atoms with E-state index in [0.29, 0.717) is 17.8 Å². The van der Waals surface area contributed by atoms with Crippen molar-refractivity contribution in [2.75, 3.05) is 52.9 Å². The third-order valence-corrected chi connectivity index (χ3v) is 6.05. The molecule has 3 aromatic rings. The topological polar surface area (TPSA) is 169 Å². The van der Waals surface area contributed by atoms with E-state index in [0.717, 1.165) is 5.56 Å². The second-order valence-corrected chi connectivity index (χ2v) is 8.50. The Morgan fingerprint density at radius 2 is 1.05 bits per heavy atom. The molecule has 38 heavy (non-hydrogen) atoms. The lowest BCUT2D eigenvalue weighted by molar-refractivity contribution is 0.177. The molecule has 204 valence electrons. The maximum Gasteiger partial charge on any atom is 0.320 e. The Bertz CT molecular complexity index is 1030. The van der Waals surface area contributed by atoms with Gasteiger partial charge in [0.1, 0.15) is 26.4 Å². The molecule has 1 aliphatic rings. The third-order valence-electron chi connectivity index (χ3n) is 6.05. The van der Waals surface area contributed by atoms with Crippen LogP contribution < -0.4 is 18.9 Å². The number of aliphatic hydroxyl groups excluding tert-OH is 4. The van der Waals surface area contributed by atoms with Crippen molar-refractivity contribution in [2.45, 2.75) is 24.2 Å². The second kappa shape index (κ2) is 13.8. The molecule has 0 bridgehead atoms. The molecule has 1 saturated carbocycles. The van der Waals surface area contributed by atoms with Gasteiger partial charge in [-0.05, 0) is 12.0 Å². The molecular formula is C26H32N4O8. The largest absolute Gasteiger partial charge is 0.475 e. The van der Waals surface area contributed by atoms with Gasteiger partial charge in [0.15, 0.2) is 0 Å². The maximum absolute atomic E-state index is 9.19. The van der Waals surface area contributed by atoms with Crippen LogP contribution in [0.4, 0.5) is 0 Å². The molecule has 1 aromatic carbocycles. The number of ether oxygens (including phenoxy) is 4. The van der Waals surface area contributed by atoms with Gasteiger partial charge in [0.05, 0.1) is 37.8 Å². The fraction of sp³-hybridized carbons (Fsp3) is 0.462. The van der Waals surface area contributed by atoms with Crippen molar-refractivity contribution in [3.05, 3.63) is 59.4 Å². The number of hydrogen-bond donors (Lipinski definition) is 4. The highest BCUT2D eigenvalue weighted by molar-refractivity contribution is 5.39. The van der Waals surface area contributed by atoms with Crippen molar-refractivity contribution in [3.8, 4) is 23.8 Å². The Kier molecular flexibility index (Phi) is 9.98. The minimum Gasteiger partial charge on any atom is -0.475 e. The average Bonchev–Trinajstić information content (AvgIpc) is 2.92. The van der Waals surface area contributed by atoms with Crippen LogP contribution in [0.5, 0.6) is 23.8 Å². The summed E-state index contributed by atoms with van der Waals surface area (Å²) in [7, 11) is 0. The van der Waals surface area contributed by atoms with E-state index in [1.807, 2.05) is 30.3 Å². The van der Waals surface area contributed by atoms with Gasteiger partial charge in [-0.1, -0.05) is 30.3 Å². The van der Waals surface area contributed by atoms with Crippen molar-refractivity contribution in [3.63, 3.8) is 0 Å². The van der Waals surface area contributed by atoms with Crippen molar-refractivity contribution >= 4 is 0 Å². The molecule has 0 spiro atoms. The van der Waals surface area contributed by atoms with Gasteiger partial charge in [-0.3, -0.25) is 0 Å². The Balaban J connectivity index is 1.69. The van der Waals surface area contributed by atoms with E-state index in [9.17, 15) is 20.4 Å². The number of aromatic nitrogens is 4. The number of aliphatic hydroxyl groups is 4. The molecule has 2 atom stereocenters. The zero-order valence-corrected chi connectivity index (χ0v) is 20.8. The van der Waals surface area contributed by atoms with Crippen LogP contribution in [0.15, 0.2) is 42.5 Å². The van der Waals surface area contributed by atoms with Crippen LogP contribution >= 0.6 is 0 Å². The first-order chi connectivity index (χ1) is 18.7. The predicted octanol–water partition coefficient (Wildman–Crippen LogP) is 0.806. The summed E-state index contributed by atoms with van der Waals surface area (Å²) in [6.45, 7) is -0.502. The monoisotopic (exact) mass is 528 g/mol. The summed E-state index contributed by atoms with van der Waals surface area (Å²) >= 11 is 0. The molecule has 1 aliphatic carbocycles. The second-order valence-electron chi connectivity index (χ2n) is 8.50. The zero-order valence-electron chi connectivity index (χ0n) is 20.8. The molecule has 1 fully saturated rings. The lowest BCUT2D eigenvalue weighted by Gasteiger charge is -2.44. The summed E-state index contributed by atoms with van der Waals surface area (Å²) < 4.78 is 22.1. The molecule has 2 heterocycles. The first-order valence-electron chi connectivity index (χ1n) is 12.4. The zero-order chi connectivity index (χ0) is 26.7. The molecule has 12 heteroatoms. The highest BCUT2D eigenvalue weighted by Gasteiger charge is 2.46. The molecule has 12 nitrogen and oxygen atoms in total. The standard InChI is InChI=1S/C26H32N4O8/c31-6-10-35-22-15-20(27-25(29-22)37-12-8-33)18-14-19(24(18)17-4-2-1-3-5-17)21-16-23(36-11-7-32)30-26(28-21)38-13-9-34/h1-5,15-16,18-19,24,31-34H,6-14H2. The third kappa shape index (κ3) is 6.84. The molecule has 0 radical (unpaired) electrons. The number of nitrogens with zero attached hydrogens (tertiary/aromatic N) is 4. The van der Waals surface area contributed by atoms with Crippen molar-refractivity contribution < 1.29 is 39.4 Å². The van der Waals surface area contributed by atoms with Gasteiger partial charge in [0.2, 0.25) is 11.8 Å². The van der Waals surface area contributed by atoms with Gasteiger partial charge >= 0.3 is 12.0 Å². The Hall–Kier alpha value is -3.58. The smallest absolute Gasteiger partial charge is 0.320 e. The summed E-state index contributed by atoms with van der Waals surface area (Å²) in [5.74, 6) is 0.421. The van der Waals surface area contributed by atoms with E-state index < -0.39 is 0 Å². The SMILES string of the molecule is OCCOc1cc(C2CC(c3cc(OCCO)nc(OCCO)n3)C2c2ccccc2)nc(OCCO)n1. The normalized spacial score (nSPS) is 18.5. The van der Waals surface area contributed by atoms with Gasteiger partial charge in [0, 0.05) is 29.9 Å². The van der Waals surface area contributed by atoms with Crippen LogP contribution in [0.25, 0.3) is 0 Å². The number of benzene rings is 1. The predicted molar refractivity (Wildman–Crippen MR) is 134 cm³/mol. The molecule has 0 amide bonds. The van der Waals surface area contributed by atoms with Crippen molar-refractivity contribution in [1.29, 1.82) is 0 Å². The molecule has 0 aliphatic heterocycles. The van der Waals surface area contributed by atoms with Gasteiger partial charge in [0.25, 0.3) is 0 Å². The molecule has 2 unspecified atom stereocenters. The van der Waals surface area contributed by atoms with E-state index in [-0.39, 0.29) is 94.4 Å². The van der Waals surface area contributed by atoms with E-state index in [2.05, 4.69) is 19.9 Å². The van der Waals surface area contributed by atoms with Crippen LogP contribution in [0.2, 0.25) is 0 Å². The lowest BCUT2D eigenvalue weighted by atomic mass is 9.59. The fourth-order valence-corrected chi connectivity index (χ4v) is 4.47. The average molecular weight is 529 g/mol. The first kappa shape index (κ1) is 27.5. The van der Waals surface area contributed by atoms with Crippen LogP contribution in [0.3, 0.4) is 0 Å². The highest BCUT2D eigenvalue weighted by Crippen LogP contribution is 2.58. The van der Waals surface area contributed by atoms with E-state index in [1.54, 1.807) is 12.1 Å². The first-order valence-corrected chi connectivity index (χ1v) is 12.4. The Morgan fingerprint density at radius 3 is 1.50 bits per heavy atom. The van der Waals surface area contributed by atoms with Gasteiger partial charge in [-0.2, -0.15) is 19.9 Å². The van der Waals surface area contributed by atoms with E-state index >= 15 is 0 Å². The molecular weight excluding hydrogens is 496 g/mol. The maximum atomic E-state index is 9.19. The summed E-state index contributed by atoms with van der Waals surface area (Å²) in [5.41, 5.74) is 2.49. The van der Waals surface area contributed by atoms with E-state index in [1.165, 1.54) is 0 Å². The number of hydrogen-bond acceptors (Lipinski definition) is 12. The Morgan fingerprint density at radius 1 is 0.605 bits per heavy atom. The van der Waals surface area contributed by atoms with Crippen LogP contribution in [0.1, 0.15) is 41.1 Å². The van der Waals surface area contributed by atoms with Crippen LogP contribution in [0, 0.1) is 0 Å². The molecule has 2 aromatic heterocycles.